The zero-order valence-electron chi connectivity index (χ0n) is 12.1. The van der Waals surface area contributed by atoms with Crippen molar-refractivity contribution < 1.29 is 9.53 Å². The molecule has 2 rings (SSSR count). The van der Waals surface area contributed by atoms with Crippen LogP contribution >= 0.6 is 0 Å². The zero-order chi connectivity index (χ0) is 14.4. The number of hydrogen-bond acceptors (Lipinski definition) is 5. The number of nitrogens with zero attached hydrogens (tertiary/aromatic N) is 3. The van der Waals surface area contributed by atoms with Crippen LogP contribution in [0.1, 0.15) is 36.7 Å². The van der Waals surface area contributed by atoms with Gasteiger partial charge in [-0.05, 0) is 19.3 Å². The van der Waals surface area contributed by atoms with Gasteiger partial charge in [0.25, 0.3) is 5.91 Å². The molecular weight excluding hydrogens is 256 g/mol. The number of anilines is 1. The molecule has 110 valence electrons. The van der Waals surface area contributed by atoms with Gasteiger partial charge in [0.1, 0.15) is 11.5 Å². The van der Waals surface area contributed by atoms with Crippen molar-refractivity contribution in [3.05, 3.63) is 18.1 Å². The predicted molar refractivity (Wildman–Crippen MR) is 76.7 cm³/mol. The molecule has 0 aromatic carbocycles. The van der Waals surface area contributed by atoms with E-state index < -0.39 is 0 Å². The van der Waals surface area contributed by atoms with E-state index in [0.717, 1.165) is 32.4 Å². The number of piperidine rings is 1. The van der Waals surface area contributed by atoms with Crippen LogP contribution in [0, 0.1) is 0 Å². The van der Waals surface area contributed by atoms with E-state index >= 15 is 0 Å². The van der Waals surface area contributed by atoms with E-state index in [1.807, 2.05) is 0 Å². The van der Waals surface area contributed by atoms with Crippen LogP contribution < -0.4 is 5.32 Å². The highest BCUT2D eigenvalue weighted by molar-refractivity contribution is 5.92. The lowest BCUT2D eigenvalue weighted by Gasteiger charge is -2.31. The zero-order valence-corrected chi connectivity index (χ0v) is 12.1. The number of aromatic nitrogens is 2. The van der Waals surface area contributed by atoms with Gasteiger partial charge in [-0.1, -0.05) is 6.92 Å². The van der Waals surface area contributed by atoms with E-state index in [0.29, 0.717) is 18.1 Å². The smallest absolute Gasteiger partial charge is 0.274 e. The van der Waals surface area contributed by atoms with Gasteiger partial charge in [0.15, 0.2) is 0 Å². The number of rotatable bonds is 5. The maximum Gasteiger partial charge on any atom is 0.274 e. The number of carbonyl (C=O) groups is 1. The van der Waals surface area contributed by atoms with Crippen molar-refractivity contribution in [1.29, 1.82) is 0 Å². The predicted octanol–water partition coefficient (Wildman–Crippen LogP) is 1.55. The highest BCUT2D eigenvalue weighted by Crippen LogP contribution is 2.15. The summed E-state index contributed by atoms with van der Waals surface area (Å²) in [4.78, 5) is 22.6. The summed E-state index contributed by atoms with van der Waals surface area (Å²) in [6.07, 6.45) is 6.26. The van der Waals surface area contributed by atoms with Gasteiger partial charge >= 0.3 is 0 Å². The highest BCUT2D eigenvalue weighted by atomic mass is 16.5. The molecule has 1 aliphatic heterocycles. The Labute approximate surface area is 119 Å². The first-order valence-electron chi connectivity index (χ1n) is 7.12. The first-order chi connectivity index (χ1) is 9.74. The van der Waals surface area contributed by atoms with E-state index in [1.165, 1.54) is 6.20 Å². The summed E-state index contributed by atoms with van der Waals surface area (Å²) < 4.78 is 5.34. The molecule has 1 aliphatic rings. The Morgan fingerprint density at radius 1 is 1.55 bits per heavy atom. The van der Waals surface area contributed by atoms with Crippen molar-refractivity contribution in [2.24, 2.45) is 0 Å². The fraction of sp³-hybridized carbons (Fsp3) is 0.643. The van der Waals surface area contributed by atoms with Crippen LogP contribution in [0.4, 0.5) is 5.82 Å². The number of nitrogens with one attached hydrogen (secondary N) is 1. The van der Waals surface area contributed by atoms with Crippen molar-refractivity contribution in [2.45, 2.75) is 32.3 Å². The molecule has 1 aromatic rings. The van der Waals surface area contributed by atoms with E-state index in [9.17, 15) is 4.79 Å². The monoisotopic (exact) mass is 278 g/mol. The molecule has 0 aliphatic carbocycles. The Hall–Kier alpha value is -1.69. The van der Waals surface area contributed by atoms with Gasteiger partial charge in [-0.2, -0.15) is 0 Å². The van der Waals surface area contributed by atoms with E-state index in [-0.39, 0.29) is 12.0 Å². The Kier molecular flexibility index (Phi) is 5.29. The average molecular weight is 278 g/mol. The molecule has 1 saturated heterocycles. The first kappa shape index (κ1) is 14.7. The average Bonchev–Trinajstić information content (AvgIpc) is 2.52. The van der Waals surface area contributed by atoms with Crippen molar-refractivity contribution in [3.63, 3.8) is 0 Å². The minimum absolute atomic E-state index is 0.0700. The standard InChI is InChI=1S/C14H22N4O2/c1-3-6-16-13-9-15-8-12(17-13)14(19)18-7-4-5-11(10-18)20-2/h8-9,11H,3-7,10H2,1-2H3,(H,16,17). The van der Waals surface area contributed by atoms with Gasteiger partial charge in [-0.15, -0.1) is 0 Å². The number of carbonyl (C=O) groups excluding carboxylic acids is 1. The molecule has 1 unspecified atom stereocenters. The molecule has 0 bridgehead atoms. The van der Waals surface area contributed by atoms with Gasteiger partial charge in [0, 0.05) is 26.7 Å². The summed E-state index contributed by atoms with van der Waals surface area (Å²) in [5.41, 5.74) is 0.392. The molecule has 1 atom stereocenters. The molecule has 1 N–H and O–H groups in total. The molecule has 6 heteroatoms. The van der Waals surface area contributed by atoms with Gasteiger partial charge in [0.05, 0.1) is 18.5 Å². The summed E-state index contributed by atoms with van der Waals surface area (Å²) in [7, 11) is 1.69. The number of methoxy groups -OCH3 is 1. The molecule has 0 radical (unpaired) electrons. The lowest BCUT2D eigenvalue weighted by Crippen LogP contribution is -2.43. The summed E-state index contributed by atoms with van der Waals surface area (Å²) in [6.45, 7) is 4.28. The Morgan fingerprint density at radius 2 is 2.40 bits per heavy atom. The molecule has 6 nitrogen and oxygen atoms in total. The van der Waals surface area contributed by atoms with Crippen LogP contribution in [0.3, 0.4) is 0 Å². The number of amides is 1. The van der Waals surface area contributed by atoms with Crippen molar-refractivity contribution in [2.75, 3.05) is 32.1 Å². The molecular formula is C14H22N4O2. The second-order valence-corrected chi connectivity index (χ2v) is 4.97. The minimum atomic E-state index is -0.0700. The minimum Gasteiger partial charge on any atom is -0.380 e. The molecule has 1 aromatic heterocycles. The first-order valence-corrected chi connectivity index (χ1v) is 7.12. The van der Waals surface area contributed by atoms with E-state index in [4.69, 9.17) is 4.74 Å². The largest absolute Gasteiger partial charge is 0.380 e. The quantitative estimate of drug-likeness (QED) is 0.885. The fourth-order valence-electron chi connectivity index (χ4n) is 2.28. The van der Waals surface area contributed by atoms with Crippen LogP contribution in [-0.4, -0.2) is 53.6 Å². The normalized spacial score (nSPS) is 18.9. The highest BCUT2D eigenvalue weighted by Gasteiger charge is 2.25. The summed E-state index contributed by atoms with van der Waals surface area (Å²) in [5.74, 6) is 0.581. The Balaban J connectivity index is 2.04. The second-order valence-electron chi connectivity index (χ2n) is 4.97. The molecule has 0 saturated carbocycles. The van der Waals surface area contributed by atoms with E-state index in [2.05, 4.69) is 22.2 Å². The number of ether oxygens (including phenoxy) is 1. The van der Waals surface area contributed by atoms with Crippen LogP contribution in [0.2, 0.25) is 0 Å². The Bertz CT molecular complexity index is 453. The number of likely N-dealkylation sites (tertiary alicyclic amines) is 1. The third-order valence-corrected chi connectivity index (χ3v) is 3.41. The van der Waals surface area contributed by atoms with Crippen LogP contribution in [0.15, 0.2) is 12.4 Å². The topological polar surface area (TPSA) is 67.4 Å². The van der Waals surface area contributed by atoms with Crippen molar-refractivity contribution in [1.82, 2.24) is 14.9 Å². The van der Waals surface area contributed by atoms with Gasteiger partial charge < -0.3 is 15.0 Å². The van der Waals surface area contributed by atoms with Gasteiger partial charge in [-0.3, -0.25) is 9.78 Å². The molecule has 0 spiro atoms. The fourth-order valence-corrected chi connectivity index (χ4v) is 2.28. The second kappa shape index (κ2) is 7.19. The van der Waals surface area contributed by atoms with Crippen molar-refractivity contribution >= 4 is 11.7 Å². The van der Waals surface area contributed by atoms with Gasteiger partial charge in [-0.25, -0.2) is 4.98 Å². The molecule has 20 heavy (non-hydrogen) atoms. The maximum absolute atomic E-state index is 12.4. The summed E-state index contributed by atoms with van der Waals surface area (Å²) in [6, 6.07) is 0. The van der Waals surface area contributed by atoms with Crippen LogP contribution in [0.5, 0.6) is 0 Å². The van der Waals surface area contributed by atoms with E-state index in [1.54, 1.807) is 18.2 Å². The van der Waals surface area contributed by atoms with Gasteiger partial charge in [0.2, 0.25) is 0 Å². The Morgan fingerprint density at radius 3 is 3.15 bits per heavy atom. The maximum atomic E-state index is 12.4. The van der Waals surface area contributed by atoms with Crippen LogP contribution in [0.25, 0.3) is 0 Å². The molecule has 1 fully saturated rings. The third kappa shape index (κ3) is 3.66. The lowest BCUT2D eigenvalue weighted by molar-refractivity contribution is 0.0265. The summed E-state index contributed by atoms with van der Waals surface area (Å²) >= 11 is 0. The molecule has 2 heterocycles. The number of hydrogen-bond donors (Lipinski definition) is 1. The molecule has 1 amide bonds. The summed E-state index contributed by atoms with van der Waals surface area (Å²) in [5, 5.41) is 3.14. The van der Waals surface area contributed by atoms with Crippen LogP contribution in [-0.2, 0) is 4.74 Å². The third-order valence-electron chi connectivity index (χ3n) is 3.41. The van der Waals surface area contributed by atoms with Crippen molar-refractivity contribution in [3.8, 4) is 0 Å². The SMILES string of the molecule is CCCNc1cncc(C(=O)N2CCCC(OC)C2)n1. The lowest BCUT2D eigenvalue weighted by atomic mass is 10.1.